The summed E-state index contributed by atoms with van der Waals surface area (Å²) < 4.78 is 1.71. The van der Waals surface area contributed by atoms with Crippen molar-refractivity contribution in [2.75, 3.05) is 5.32 Å². The Morgan fingerprint density at radius 3 is 2.58 bits per heavy atom. The molecular formula is C19H24N6O. The number of primary amides is 1. The number of nitrogens with two attached hydrogens (primary N) is 1. The number of fused-ring (bicyclic) bond motifs is 1. The predicted octanol–water partition coefficient (Wildman–Crippen LogP) is 2.07. The average molecular weight is 352 g/mol. The largest absolute Gasteiger partial charge is 0.368 e. The first-order valence-corrected chi connectivity index (χ1v) is 8.74. The fraction of sp³-hybridized carbons (Fsp3) is 0.368. The third kappa shape index (κ3) is 3.82. The van der Waals surface area contributed by atoms with E-state index in [2.05, 4.69) is 32.5 Å². The highest BCUT2D eigenvalue weighted by atomic mass is 16.1. The number of aromatic nitrogens is 4. The smallest absolute Gasteiger partial charge is 0.240 e. The highest BCUT2D eigenvalue weighted by Crippen LogP contribution is 2.22. The summed E-state index contributed by atoms with van der Waals surface area (Å²) in [6.45, 7) is 3.89. The Hall–Kier alpha value is -2.96. The van der Waals surface area contributed by atoms with Crippen molar-refractivity contribution in [3.8, 4) is 0 Å². The number of benzene rings is 1. The summed E-state index contributed by atoms with van der Waals surface area (Å²) in [6, 6.07) is 9.71. The molecule has 1 aromatic carbocycles. The highest BCUT2D eigenvalue weighted by Gasteiger charge is 2.22. The third-order valence-corrected chi connectivity index (χ3v) is 4.38. The SMILES string of the molecule is CC(C)[C@H](Nc1nc(CCc2ccccc2)nc2c1cnn2C)C(N)=O. The molecule has 0 radical (unpaired) electrons. The molecule has 136 valence electrons. The number of amides is 1. The number of carbonyl (C=O) groups excluding carboxylic acids is 1. The van der Waals surface area contributed by atoms with Crippen LogP contribution in [0.15, 0.2) is 36.5 Å². The fourth-order valence-electron chi connectivity index (χ4n) is 2.90. The van der Waals surface area contributed by atoms with Crippen LogP contribution in [-0.2, 0) is 24.7 Å². The van der Waals surface area contributed by atoms with Gasteiger partial charge in [-0.15, -0.1) is 0 Å². The van der Waals surface area contributed by atoms with E-state index in [9.17, 15) is 4.79 Å². The van der Waals surface area contributed by atoms with Gasteiger partial charge in [0.15, 0.2) is 5.65 Å². The molecule has 3 rings (SSSR count). The van der Waals surface area contributed by atoms with Crippen LogP contribution in [0.4, 0.5) is 5.82 Å². The van der Waals surface area contributed by atoms with Crippen molar-refractivity contribution in [2.24, 2.45) is 18.7 Å². The Bertz CT molecular complexity index is 903. The number of anilines is 1. The number of carbonyl (C=O) groups is 1. The van der Waals surface area contributed by atoms with E-state index in [0.29, 0.717) is 18.1 Å². The molecule has 1 amide bonds. The van der Waals surface area contributed by atoms with Gasteiger partial charge in [0.1, 0.15) is 17.7 Å². The van der Waals surface area contributed by atoms with Gasteiger partial charge in [-0.25, -0.2) is 9.97 Å². The molecule has 0 aliphatic carbocycles. The minimum Gasteiger partial charge on any atom is -0.368 e. The fourth-order valence-corrected chi connectivity index (χ4v) is 2.90. The average Bonchev–Trinajstić information content (AvgIpc) is 2.99. The van der Waals surface area contributed by atoms with Crippen molar-refractivity contribution >= 4 is 22.8 Å². The van der Waals surface area contributed by atoms with Crippen molar-refractivity contribution in [1.82, 2.24) is 19.7 Å². The number of nitrogens with one attached hydrogen (secondary N) is 1. The molecule has 0 bridgehead atoms. The second-order valence-electron chi connectivity index (χ2n) is 6.75. The van der Waals surface area contributed by atoms with Gasteiger partial charge in [-0.3, -0.25) is 9.48 Å². The molecule has 0 unspecified atom stereocenters. The lowest BCUT2D eigenvalue weighted by Crippen LogP contribution is -2.39. The maximum atomic E-state index is 11.8. The highest BCUT2D eigenvalue weighted by molar-refractivity contribution is 5.90. The van der Waals surface area contributed by atoms with Gasteiger partial charge in [0.2, 0.25) is 5.91 Å². The van der Waals surface area contributed by atoms with E-state index in [0.717, 1.165) is 17.5 Å². The number of nitrogens with zero attached hydrogens (tertiary/aromatic N) is 4. The van der Waals surface area contributed by atoms with Crippen molar-refractivity contribution in [3.05, 3.63) is 47.9 Å². The Morgan fingerprint density at radius 2 is 1.92 bits per heavy atom. The predicted molar refractivity (Wildman–Crippen MR) is 102 cm³/mol. The summed E-state index contributed by atoms with van der Waals surface area (Å²) in [5.74, 6) is 0.950. The van der Waals surface area contributed by atoms with Crippen LogP contribution in [0.1, 0.15) is 25.2 Å². The summed E-state index contributed by atoms with van der Waals surface area (Å²) in [4.78, 5) is 21.1. The summed E-state index contributed by atoms with van der Waals surface area (Å²) in [6.07, 6.45) is 3.24. The molecule has 0 spiro atoms. The quantitative estimate of drug-likeness (QED) is 0.678. The normalized spacial score (nSPS) is 12.5. The van der Waals surface area contributed by atoms with Crippen LogP contribution < -0.4 is 11.1 Å². The summed E-state index contributed by atoms with van der Waals surface area (Å²) >= 11 is 0. The molecule has 3 N–H and O–H groups in total. The molecule has 1 atom stereocenters. The van der Waals surface area contributed by atoms with E-state index in [-0.39, 0.29) is 5.92 Å². The van der Waals surface area contributed by atoms with Crippen LogP contribution in [0.2, 0.25) is 0 Å². The molecule has 0 aliphatic rings. The van der Waals surface area contributed by atoms with Crippen molar-refractivity contribution in [2.45, 2.75) is 32.7 Å². The molecule has 3 aromatic rings. The maximum absolute atomic E-state index is 11.8. The van der Waals surface area contributed by atoms with Gasteiger partial charge in [-0.2, -0.15) is 5.10 Å². The molecule has 7 nitrogen and oxygen atoms in total. The summed E-state index contributed by atoms with van der Waals surface area (Å²) in [7, 11) is 1.84. The first-order chi connectivity index (χ1) is 12.5. The zero-order valence-corrected chi connectivity index (χ0v) is 15.3. The maximum Gasteiger partial charge on any atom is 0.240 e. The van der Waals surface area contributed by atoms with Crippen LogP contribution in [0.3, 0.4) is 0 Å². The van der Waals surface area contributed by atoms with Gasteiger partial charge >= 0.3 is 0 Å². The van der Waals surface area contributed by atoms with Crippen LogP contribution in [0.25, 0.3) is 11.0 Å². The van der Waals surface area contributed by atoms with Crippen LogP contribution in [-0.4, -0.2) is 31.7 Å². The van der Waals surface area contributed by atoms with Crippen LogP contribution in [0, 0.1) is 5.92 Å². The van der Waals surface area contributed by atoms with Crippen molar-refractivity contribution < 1.29 is 4.79 Å². The van der Waals surface area contributed by atoms with Gasteiger partial charge in [0.25, 0.3) is 0 Å². The van der Waals surface area contributed by atoms with E-state index in [1.165, 1.54) is 5.56 Å². The monoisotopic (exact) mass is 352 g/mol. The molecule has 0 aliphatic heterocycles. The molecule has 2 aromatic heterocycles. The Morgan fingerprint density at radius 1 is 1.19 bits per heavy atom. The standard InChI is InChI=1S/C19H24N6O/c1-12(2)16(17(20)26)24-18-14-11-21-25(3)19(14)23-15(22-18)10-9-13-7-5-4-6-8-13/h4-8,11-12,16H,9-10H2,1-3H3,(H2,20,26)(H,22,23,24)/t16-/m0/s1. The van der Waals surface area contributed by atoms with Crippen LogP contribution in [0.5, 0.6) is 0 Å². The zero-order chi connectivity index (χ0) is 18.7. The van der Waals surface area contributed by atoms with Gasteiger partial charge in [0, 0.05) is 13.5 Å². The molecule has 7 heteroatoms. The van der Waals surface area contributed by atoms with E-state index in [1.807, 2.05) is 39.1 Å². The lowest BCUT2D eigenvalue weighted by Gasteiger charge is -2.20. The topological polar surface area (TPSA) is 98.7 Å². The van der Waals surface area contributed by atoms with E-state index >= 15 is 0 Å². The molecular weight excluding hydrogens is 328 g/mol. The van der Waals surface area contributed by atoms with Crippen molar-refractivity contribution in [1.29, 1.82) is 0 Å². The number of rotatable bonds is 7. The van der Waals surface area contributed by atoms with Gasteiger partial charge < -0.3 is 11.1 Å². The van der Waals surface area contributed by atoms with Gasteiger partial charge in [0.05, 0.1) is 11.6 Å². The first kappa shape index (κ1) is 17.8. The minimum absolute atomic E-state index is 0.0435. The molecule has 0 saturated carbocycles. The van der Waals surface area contributed by atoms with E-state index in [4.69, 9.17) is 5.73 Å². The molecule has 2 heterocycles. The van der Waals surface area contributed by atoms with Gasteiger partial charge in [-0.05, 0) is 17.9 Å². The Kier molecular flexibility index (Phi) is 5.16. The Labute approximate surface area is 152 Å². The zero-order valence-electron chi connectivity index (χ0n) is 15.3. The summed E-state index contributed by atoms with van der Waals surface area (Å²) in [5.41, 5.74) is 7.51. The molecule has 0 saturated heterocycles. The number of hydrogen-bond donors (Lipinski definition) is 2. The lowest BCUT2D eigenvalue weighted by atomic mass is 10.0. The van der Waals surface area contributed by atoms with Crippen molar-refractivity contribution in [3.63, 3.8) is 0 Å². The van der Waals surface area contributed by atoms with E-state index < -0.39 is 11.9 Å². The first-order valence-electron chi connectivity index (χ1n) is 8.74. The minimum atomic E-state index is -0.504. The lowest BCUT2D eigenvalue weighted by molar-refractivity contribution is -0.119. The number of hydrogen-bond acceptors (Lipinski definition) is 5. The van der Waals surface area contributed by atoms with Crippen LogP contribution >= 0.6 is 0 Å². The Balaban J connectivity index is 1.92. The molecule has 26 heavy (non-hydrogen) atoms. The number of aryl methyl sites for hydroxylation is 3. The second kappa shape index (κ2) is 7.51. The van der Waals surface area contributed by atoms with Gasteiger partial charge in [-0.1, -0.05) is 44.2 Å². The van der Waals surface area contributed by atoms with E-state index in [1.54, 1.807) is 10.9 Å². The third-order valence-electron chi connectivity index (χ3n) is 4.38. The second-order valence-corrected chi connectivity index (χ2v) is 6.75. The summed E-state index contributed by atoms with van der Waals surface area (Å²) in [5, 5.41) is 8.25. The molecule has 0 fully saturated rings.